The molecule has 0 radical (unpaired) electrons. The van der Waals surface area contributed by atoms with Gasteiger partial charge in [-0.15, -0.1) is 11.3 Å². The van der Waals surface area contributed by atoms with Crippen molar-refractivity contribution in [3.8, 4) is 0 Å². The van der Waals surface area contributed by atoms with Crippen LogP contribution in [0.5, 0.6) is 0 Å². The molecule has 0 atom stereocenters. The zero-order chi connectivity index (χ0) is 13.9. The second-order valence-electron chi connectivity index (χ2n) is 4.77. The van der Waals surface area contributed by atoms with Gasteiger partial charge in [0.05, 0.1) is 17.2 Å². The van der Waals surface area contributed by atoms with E-state index in [1.54, 1.807) is 11.3 Å². The molecule has 1 N–H and O–H groups in total. The minimum Gasteiger partial charge on any atom is -0.326 e. The van der Waals surface area contributed by atoms with Crippen LogP contribution in [-0.2, 0) is 19.5 Å². The number of aromatic nitrogens is 3. The van der Waals surface area contributed by atoms with Gasteiger partial charge in [0.15, 0.2) is 0 Å². The van der Waals surface area contributed by atoms with Gasteiger partial charge in [-0.2, -0.15) is 0 Å². The summed E-state index contributed by atoms with van der Waals surface area (Å²) in [5, 5.41) is 7.77. The number of fused-ring (bicyclic) bond motifs is 1. The molecule has 104 valence electrons. The zero-order valence-electron chi connectivity index (χ0n) is 11.8. The van der Waals surface area contributed by atoms with E-state index in [-0.39, 0.29) is 0 Å². The Kier molecular flexibility index (Phi) is 3.80. The summed E-state index contributed by atoms with van der Waals surface area (Å²) in [5.74, 6) is 0. The first-order valence-electron chi connectivity index (χ1n) is 6.82. The molecule has 0 spiro atoms. The molecule has 0 aliphatic carbocycles. The molecule has 0 aliphatic heterocycles. The first-order valence-corrected chi connectivity index (χ1v) is 7.70. The van der Waals surface area contributed by atoms with Gasteiger partial charge in [0.2, 0.25) is 0 Å². The predicted molar refractivity (Wildman–Crippen MR) is 83.1 cm³/mol. The zero-order valence-corrected chi connectivity index (χ0v) is 12.6. The summed E-state index contributed by atoms with van der Waals surface area (Å²) in [7, 11) is 1.97. The van der Waals surface area contributed by atoms with E-state index in [2.05, 4.69) is 44.4 Å². The fourth-order valence-electron chi connectivity index (χ4n) is 2.41. The molecular weight excluding hydrogens is 268 g/mol. The van der Waals surface area contributed by atoms with Gasteiger partial charge in [0, 0.05) is 29.7 Å². The molecule has 0 bridgehead atoms. The Morgan fingerprint density at radius 2 is 2.30 bits per heavy atom. The summed E-state index contributed by atoms with van der Waals surface area (Å²) in [6.45, 7) is 3.78. The number of hydrogen-bond acceptors (Lipinski definition) is 4. The number of pyridine rings is 1. The highest BCUT2D eigenvalue weighted by Crippen LogP contribution is 2.21. The van der Waals surface area contributed by atoms with Crippen molar-refractivity contribution in [1.82, 2.24) is 19.9 Å². The number of nitrogens with one attached hydrogen (secondary N) is 1. The fourth-order valence-corrected chi connectivity index (χ4v) is 3.14. The molecule has 0 unspecified atom stereocenters. The molecule has 5 heteroatoms. The van der Waals surface area contributed by atoms with Crippen molar-refractivity contribution in [2.75, 3.05) is 7.05 Å². The lowest BCUT2D eigenvalue weighted by Gasteiger charge is -2.01. The Bertz CT molecular complexity index is 714. The van der Waals surface area contributed by atoms with Crippen LogP contribution >= 0.6 is 11.3 Å². The number of hydrogen-bond donors (Lipinski definition) is 1. The normalized spacial score (nSPS) is 11.3. The lowest BCUT2D eigenvalue weighted by atomic mass is 10.2. The van der Waals surface area contributed by atoms with Crippen molar-refractivity contribution in [3.63, 3.8) is 0 Å². The monoisotopic (exact) mass is 286 g/mol. The first-order chi connectivity index (χ1) is 9.81. The summed E-state index contributed by atoms with van der Waals surface area (Å²) in [5.41, 5.74) is 3.43. The highest BCUT2D eigenvalue weighted by atomic mass is 32.1. The van der Waals surface area contributed by atoms with E-state index in [0.29, 0.717) is 0 Å². The Morgan fingerprint density at radius 1 is 1.40 bits per heavy atom. The predicted octanol–water partition coefficient (Wildman–Crippen LogP) is 2.82. The molecule has 3 rings (SSSR count). The van der Waals surface area contributed by atoms with Crippen molar-refractivity contribution in [1.29, 1.82) is 0 Å². The molecule has 3 aromatic heterocycles. The standard InChI is InChI=1S/C15H18N4S/c1-3-14-18-12(10-20-14)9-19-8-11(7-16-2)13-5-4-6-17-15(13)19/h4-6,8,10,16H,3,7,9H2,1-2H3. The van der Waals surface area contributed by atoms with Crippen molar-refractivity contribution in [3.05, 3.63) is 46.2 Å². The molecule has 0 fully saturated rings. The van der Waals surface area contributed by atoms with E-state index >= 15 is 0 Å². The van der Waals surface area contributed by atoms with E-state index in [1.807, 2.05) is 19.3 Å². The van der Waals surface area contributed by atoms with Gasteiger partial charge in [-0.25, -0.2) is 9.97 Å². The van der Waals surface area contributed by atoms with Gasteiger partial charge in [0.25, 0.3) is 0 Å². The lowest BCUT2D eigenvalue weighted by molar-refractivity contribution is 0.778. The largest absolute Gasteiger partial charge is 0.326 e. The second-order valence-corrected chi connectivity index (χ2v) is 5.72. The highest BCUT2D eigenvalue weighted by molar-refractivity contribution is 7.09. The van der Waals surface area contributed by atoms with Crippen LogP contribution in [0, 0.1) is 0 Å². The third-order valence-corrected chi connectivity index (χ3v) is 4.36. The SMILES string of the molecule is CCc1nc(Cn2cc(CNC)c3cccnc32)cs1. The molecule has 0 amide bonds. The van der Waals surface area contributed by atoms with Crippen molar-refractivity contribution in [2.24, 2.45) is 0 Å². The van der Waals surface area contributed by atoms with Crippen molar-refractivity contribution in [2.45, 2.75) is 26.4 Å². The van der Waals surface area contributed by atoms with Crippen LogP contribution in [0.25, 0.3) is 11.0 Å². The topological polar surface area (TPSA) is 42.7 Å². The molecule has 0 aromatic carbocycles. The number of aryl methyl sites for hydroxylation is 1. The lowest BCUT2D eigenvalue weighted by Crippen LogP contribution is -2.04. The van der Waals surface area contributed by atoms with Crippen LogP contribution in [-0.4, -0.2) is 21.6 Å². The van der Waals surface area contributed by atoms with Crippen molar-refractivity contribution < 1.29 is 0 Å². The molecule has 4 nitrogen and oxygen atoms in total. The van der Waals surface area contributed by atoms with Gasteiger partial charge in [-0.05, 0) is 31.2 Å². The van der Waals surface area contributed by atoms with Crippen LogP contribution < -0.4 is 5.32 Å². The van der Waals surface area contributed by atoms with E-state index in [1.165, 1.54) is 16.0 Å². The summed E-state index contributed by atoms with van der Waals surface area (Å²) in [6.07, 6.45) is 5.03. The quantitative estimate of drug-likeness (QED) is 0.784. The van der Waals surface area contributed by atoms with Crippen molar-refractivity contribution >= 4 is 22.4 Å². The van der Waals surface area contributed by atoms with Crippen LogP contribution in [0.3, 0.4) is 0 Å². The Balaban J connectivity index is 1.98. The highest BCUT2D eigenvalue weighted by Gasteiger charge is 2.10. The fraction of sp³-hybridized carbons (Fsp3) is 0.333. The van der Waals surface area contributed by atoms with E-state index in [0.717, 1.165) is 30.9 Å². The minimum absolute atomic E-state index is 0.785. The van der Waals surface area contributed by atoms with Gasteiger partial charge < -0.3 is 9.88 Å². The first kappa shape index (κ1) is 13.3. The molecule has 3 heterocycles. The molecule has 0 saturated heterocycles. The maximum atomic E-state index is 4.64. The number of nitrogens with zero attached hydrogens (tertiary/aromatic N) is 3. The third kappa shape index (κ3) is 2.46. The maximum Gasteiger partial charge on any atom is 0.140 e. The Labute approximate surface area is 122 Å². The van der Waals surface area contributed by atoms with Gasteiger partial charge in [-0.1, -0.05) is 6.92 Å². The number of rotatable bonds is 5. The van der Waals surface area contributed by atoms with Crippen LogP contribution in [0.15, 0.2) is 29.9 Å². The molecule has 3 aromatic rings. The van der Waals surface area contributed by atoms with Gasteiger partial charge >= 0.3 is 0 Å². The second kappa shape index (κ2) is 5.73. The van der Waals surface area contributed by atoms with Crippen LogP contribution in [0.4, 0.5) is 0 Å². The Hall–Kier alpha value is -1.72. The molecule has 20 heavy (non-hydrogen) atoms. The molecular formula is C15H18N4S. The Morgan fingerprint density at radius 3 is 3.05 bits per heavy atom. The number of thiazole rings is 1. The third-order valence-electron chi connectivity index (χ3n) is 3.32. The molecule has 0 saturated carbocycles. The average molecular weight is 286 g/mol. The maximum absolute atomic E-state index is 4.64. The summed E-state index contributed by atoms with van der Waals surface area (Å²) >= 11 is 1.73. The van der Waals surface area contributed by atoms with Gasteiger partial charge in [-0.3, -0.25) is 0 Å². The van der Waals surface area contributed by atoms with E-state index < -0.39 is 0 Å². The summed E-state index contributed by atoms with van der Waals surface area (Å²) in [4.78, 5) is 9.16. The van der Waals surface area contributed by atoms with Gasteiger partial charge in [0.1, 0.15) is 5.65 Å². The minimum atomic E-state index is 0.785. The van der Waals surface area contributed by atoms with E-state index in [4.69, 9.17) is 0 Å². The molecule has 0 aliphatic rings. The average Bonchev–Trinajstić information content (AvgIpc) is 3.06. The summed E-state index contributed by atoms with van der Waals surface area (Å²) < 4.78 is 2.19. The summed E-state index contributed by atoms with van der Waals surface area (Å²) in [6, 6.07) is 4.12. The van der Waals surface area contributed by atoms with Crippen LogP contribution in [0.1, 0.15) is 23.2 Å². The smallest absolute Gasteiger partial charge is 0.140 e. The van der Waals surface area contributed by atoms with Crippen LogP contribution in [0.2, 0.25) is 0 Å². The van der Waals surface area contributed by atoms with E-state index in [9.17, 15) is 0 Å².